The van der Waals surface area contributed by atoms with Crippen molar-refractivity contribution in [3.05, 3.63) is 18.2 Å². The van der Waals surface area contributed by atoms with Crippen molar-refractivity contribution < 1.29 is 9.53 Å². The van der Waals surface area contributed by atoms with Crippen molar-refractivity contribution in [2.24, 2.45) is 7.05 Å². The maximum Gasteiger partial charge on any atom is 0.272 e. The fourth-order valence-electron chi connectivity index (χ4n) is 3.69. The van der Waals surface area contributed by atoms with Crippen molar-refractivity contribution in [1.29, 1.82) is 0 Å². The summed E-state index contributed by atoms with van der Waals surface area (Å²) in [5.74, 6) is 0.0708. The number of morpholine rings is 1. The third-order valence-corrected chi connectivity index (χ3v) is 4.87. The Morgan fingerprint density at radius 2 is 2.18 bits per heavy atom. The Labute approximate surface area is 132 Å². The first-order valence-corrected chi connectivity index (χ1v) is 8.07. The predicted molar refractivity (Wildman–Crippen MR) is 83.7 cm³/mol. The summed E-state index contributed by atoms with van der Waals surface area (Å²) >= 11 is 0. The molecule has 2 fully saturated rings. The lowest BCUT2D eigenvalue weighted by atomic mass is 9.97. The molecule has 6 heteroatoms. The topological polar surface area (TPSA) is 50.6 Å². The van der Waals surface area contributed by atoms with Gasteiger partial charge in [-0.15, -0.1) is 0 Å². The minimum Gasteiger partial charge on any atom is -0.371 e. The first-order valence-electron chi connectivity index (χ1n) is 8.07. The number of hydrogen-bond acceptors (Lipinski definition) is 4. The number of aryl methyl sites for hydroxylation is 1. The molecule has 1 aliphatic heterocycles. The molecule has 1 saturated carbocycles. The number of hydrogen-bond donors (Lipinski definition) is 0. The summed E-state index contributed by atoms with van der Waals surface area (Å²) < 4.78 is 8.02. The van der Waals surface area contributed by atoms with E-state index in [1.165, 1.54) is 12.8 Å². The van der Waals surface area contributed by atoms with Crippen molar-refractivity contribution >= 4 is 5.91 Å². The summed E-state index contributed by atoms with van der Waals surface area (Å²) in [6, 6.07) is 0.101. The van der Waals surface area contributed by atoms with E-state index in [1.807, 2.05) is 26.0 Å². The molecule has 1 aliphatic carbocycles. The average molecular weight is 306 g/mol. The zero-order valence-corrected chi connectivity index (χ0v) is 13.8. The highest BCUT2D eigenvalue weighted by Gasteiger charge is 2.44. The maximum atomic E-state index is 13.0. The van der Waals surface area contributed by atoms with Gasteiger partial charge in [-0.25, -0.2) is 4.98 Å². The van der Waals surface area contributed by atoms with Gasteiger partial charge in [0.1, 0.15) is 5.69 Å². The molecule has 1 aromatic rings. The van der Waals surface area contributed by atoms with Crippen LogP contribution in [0.2, 0.25) is 0 Å². The third kappa shape index (κ3) is 2.90. The van der Waals surface area contributed by atoms with E-state index in [4.69, 9.17) is 4.74 Å². The molecular formula is C16H26N4O2. The van der Waals surface area contributed by atoms with Crippen molar-refractivity contribution in [3.8, 4) is 0 Å². The van der Waals surface area contributed by atoms with Crippen LogP contribution in [0, 0.1) is 0 Å². The van der Waals surface area contributed by atoms with Crippen molar-refractivity contribution in [2.75, 3.05) is 33.8 Å². The van der Waals surface area contributed by atoms with Crippen LogP contribution < -0.4 is 0 Å². The molecule has 3 rings (SSSR count). The molecule has 0 N–H and O–H groups in total. The molecule has 2 aliphatic rings. The zero-order valence-electron chi connectivity index (χ0n) is 13.8. The quantitative estimate of drug-likeness (QED) is 0.840. The Morgan fingerprint density at radius 1 is 1.45 bits per heavy atom. The van der Waals surface area contributed by atoms with E-state index in [0.717, 1.165) is 19.4 Å². The number of carbonyl (C=O) groups excluding carboxylic acids is 1. The lowest BCUT2D eigenvalue weighted by Crippen LogP contribution is -2.60. The van der Waals surface area contributed by atoms with Gasteiger partial charge >= 0.3 is 0 Å². The zero-order chi connectivity index (χ0) is 15.7. The molecule has 1 atom stereocenters. The average Bonchev–Trinajstić information content (AvgIpc) is 3.09. The molecule has 1 saturated heterocycles. The highest BCUT2D eigenvalue weighted by Crippen LogP contribution is 2.37. The fraction of sp³-hybridized carbons (Fsp3) is 0.750. The Hall–Kier alpha value is -1.40. The van der Waals surface area contributed by atoms with E-state index in [1.54, 1.807) is 17.1 Å². The van der Waals surface area contributed by atoms with Crippen molar-refractivity contribution in [3.63, 3.8) is 0 Å². The molecular weight excluding hydrogens is 280 g/mol. The number of imidazole rings is 1. The lowest BCUT2D eigenvalue weighted by Gasteiger charge is -2.46. The standard InChI is InChI=1S/C16H26N4O2/c1-18(2)9-13-10-22-16(6-4-5-7-16)11-20(13)15(21)14-8-17-12-19(14)3/h8,12-13H,4-7,9-11H2,1-3H3. The Bertz CT molecular complexity index is 534. The number of ether oxygens (including phenoxy) is 1. The van der Waals surface area contributed by atoms with Gasteiger partial charge in [0.15, 0.2) is 0 Å². The predicted octanol–water partition coefficient (Wildman–Crippen LogP) is 1.14. The van der Waals surface area contributed by atoms with E-state index >= 15 is 0 Å². The third-order valence-electron chi connectivity index (χ3n) is 4.87. The van der Waals surface area contributed by atoms with Crippen LogP contribution in [0.15, 0.2) is 12.5 Å². The molecule has 1 aromatic heterocycles. The van der Waals surface area contributed by atoms with Gasteiger partial charge in [0.05, 0.1) is 37.3 Å². The monoisotopic (exact) mass is 306 g/mol. The second-order valence-corrected chi connectivity index (χ2v) is 6.94. The van der Waals surface area contributed by atoms with Crippen LogP contribution in [0.3, 0.4) is 0 Å². The number of nitrogens with zero attached hydrogens (tertiary/aromatic N) is 4. The normalized spacial score (nSPS) is 24.4. The molecule has 1 unspecified atom stereocenters. The molecule has 1 amide bonds. The maximum absolute atomic E-state index is 13.0. The summed E-state index contributed by atoms with van der Waals surface area (Å²) in [4.78, 5) is 21.2. The minimum absolute atomic E-state index is 0.0708. The second kappa shape index (κ2) is 6.01. The molecule has 2 heterocycles. The van der Waals surface area contributed by atoms with Crippen LogP contribution >= 0.6 is 0 Å². The number of likely N-dealkylation sites (N-methyl/N-ethyl adjacent to an activating group) is 1. The van der Waals surface area contributed by atoms with Crippen LogP contribution in [0.4, 0.5) is 0 Å². The van der Waals surface area contributed by atoms with Gasteiger partial charge in [0.25, 0.3) is 5.91 Å². The van der Waals surface area contributed by atoms with E-state index in [0.29, 0.717) is 18.8 Å². The van der Waals surface area contributed by atoms with E-state index < -0.39 is 0 Å². The summed E-state index contributed by atoms with van der Waals surface area (Å²) in [5.41, 5.74) is 0.538. The summed E-state index contributed by atoms with van der Waals surface area (Å²) in [6.07, 6.45) is 7.87. The molecule has 0 aromatic carbocycles. The van der Waals surface area contributed by atoms with Gasteiger partial charge in [0, 0.05) is 13.6 Å². The minimum atomic E-state index is -0.114. The molecule has 0 radical (unpaired) electrons. The van der Waals surface area contributed by atoms with Gasteiger partial charge < -0.3 is 19.1 Å². The summed E-state index contributed by atoms with van der Waals surface area (Å²) in [6.45, 7) is 2.15. The van der Waals surface area contributed by atoms with E-state index in [-0.39, 0.29) is 17.6 Å². The van der Waals surface area contributed by atoms with Gasteiger partial charge in [-0.1, -0.05) is 12.8 Å². The highest BCUT2D eigenvalue weighted by molar-refractivity contribution is 5.92. The second-order valence-electron chi connectivity index (χ2n) is 6.94. The number of aromatic nitrogens is 2. The molecule has 122 valence electrons. The number of amides is 1. The van der Waals surface area contributed by atoms with Gasteiger partial charge in [-0.05, 0) is 26.9 Å². The first-order chi connectivity index (χ1) is 10.5. The summed E-state index contributed by atoms with van der Waals surface area (Å²) in [5, 5.41) is 0. The van der Waals surface area contributed by atoms with Crippen LogP contribution in [-0.4, -0.2) is 70.7 Å². The number of rotatable bonds is 3. The van der Waals surface area contributed by atoms with E-state index in [2.05, 4.69) is 9.88 Å². The lowest BCUT2D eigenvalue weighted by molar-refractivity contribution is -0.121. The molecule has 22 heavy (non-hydrogen) atoms. The largest absolute Gasteiger partial charge is 0.371 e. The highest BCUT2D eigenvalue weighted by atomic mass is 16.5. The van der Waals surface area contributed by atoms with Crippen LogP contribution in [0.25, 0.3) is 0 Å². The van der Waals surface area contributed by atoms with Gasteiger partial charge in [0.2, 0.25) is 0 Å². The smallest absolute Gasteiger partial charge is 0.272 e. The Balaban J connectivity index is 1.84. The summed E-state index contributed by atoms with van der Waals surface area (Å²) in [7, 11) is 5.94. The van der Waals surface area contributed by atoms with E-state index in [9.17, 15) is 4.79 Å². The number of carbonyl (C=O) groups is 1. The Kier molecular flexibility index (Phi) is 4.23. The van der Waals surface area contributed by atoms with Crippen molar-refractivity contribution in [2.45, 2.75) is 37.3 Å². The van der Waals surface area contributed by atoms with Gasteiger partial charge in [-0.3, -0.25) is 4.79 Å². The molecule has 0 bridgehead atoms. The first kappa shape index (κ1) is 15.5. The fourth-order valence-corrected chi connectivity index (χ4v) is 3.69. The molecule has 1 spiro atoms. The van der Waals surface area contributed by atoms with Gasteiger partial charge in [-0.2, -0.15) is 0 Å². The SMILES string of the molecule is CN(C)CC1COC2(CCCC2)CN1C(=O)c1cncn1C. The van der Waals surface area contributed by atoms with Crippen LogP contribution in [-0.2, 0) is 11.8 Å². The van der Waals surface area contributed by atoms with Crippen LogP contribution in [0.1, 0.15) is 36.2 Å². The van der Waals surface area contributed by atoms with Crippen molar-refractivity contribution in [1.82, 2.24) is 19.4 Å². The van der Waals surface area contributed by atoms with Crippen LogP contribution in [0.5, 0.6) is 0 Å². The molecule has 6 nitrogen and oxygen atoms in total. The Morgan fingerprint density at radius 3 is 2.77 bits per heavy atom.